The number of benzene rings is 1. The third kappa shape index (κ3) is 2.99. The summed E-state index contributed by atoms with van der Waals surface area (Å²) in [5.41, 5.74) is 15.8. The van der Waals surface area contributed by atoms with Gasteiger partial charge in [0.1, 0.15) is 5.69 Å². The molecule has 9 heteroatoms. The molecule has 0 aliphatic heterocycles. The molecule has 0 amide bonds. The van der Waals surface area contributed by atoms with Crippen molar-refractivity contribution in [1.29, 1.82) is 0 Å². The number of furan rings is 1. The van der Waals surface area contributed by atoms with Crippen molar-refractivity contribution in [2.45, 2.75) is 20.4 Å². The topological polar surface area (TPSA) is 139 Å². The van der Waals surface area contributed by atoms with Crippen LogP contribution in [0.25, 0.3) is 22.6 Å². The van der Waals surface area contributed by atoms with Crippen LogP contribution < -0.4 is 11.5 Å². The highest BCUT2D eigenvalue weighted by Crippen LogP contribution is 2.27. The molecule has 4 N–H and O–H groups in total. The number of aryl methyl sites for hydroxylation is 1. The van der Waals surface area contributed by atoms with Crippen LogP contribution in [0.2, 0.25) is 0 Å². The number of hydrogen-bond acceptors (Lipinski definition) is 8. The Bertz CT molecular complexity index is 1180. The minimum absolute atomic E-state index is 0.0651. The Balaban J connectivity index is 1.79. The number of hydrogen-bond donors (Lipinski definition) is 2. The maximum absolute atomic E-state index is 11.5. The molecule has 9 nitrogen and oxygen atoms in total. The molecule has 0 saturated carbocycles. The van der Waals surface area contributed by atoms with Crippen molar-refractivity contribution in [3.05, 3.63) is 47.2 Å². The molecule has 0 spiro atoms. The van der Waals surface area contributed by atoms with Crippen LogP contribution >= 0.6 is 0 Å². The maximum atomic E-state index is 11.5. The summed E-state index contributed by atoms with van der Waals surface area (Å²) in [6.45, 7) is 3.82. The van der Waals surface area contributed by atoms with Crippen molar-refractivity contribution in [3.8, 4) is 11.5 Å². The molecule has 4 rings (SSSR count). The largest absolute Gasteiger partial charge is 0.451 e. The Hall–Kier alpha value is -3.75. The molecular weight excluding hydrogens is 346 g/mol. The fourth-order valence-electron chi connectivity index (χ4n) is 2.81. The zero-order valence-electron chi connectivity index (χ0n) is 14.8. The van der Waals surface area contributed by atoms with Gasteiger partial charge < -0.3 is 15.9 Å². The minimum atomic E-state index is -0.179. The van der Waals surface area contributed by atoms with Gasteiger partial charge in [-0.3, -0.25) is 4.79 Å². The van der Waals surface area contributed by atoms with Crippen LogP contribution in [0.4, 0.5) is 11.6 Å². The van der Waals surface area contributed by atoms with Gasteiger partial charge in [0.15, 0.2) is 28.5 Å². The van der Waals surface area contributed by atoms with Gasteiger partial charge in [-0.1, -0.05) is 17.3 Å². The Kier molecular flexibility index (Phi) is 3.84. The first kappa shape index (κ1) is 16.7. The summed E-state index contributed by atoms with van der Waals surface area (Å²) in [6.07, 6.45) is 0. The predicted molar refractivity (Wildman–Crippen MR) is 99.9 cm³/mol. The Morgan fingerprint density at radius 1 is 1.19 bits per heavy atom. The molecule has 27 heavy (non-hydrogen) atoms. The van der Waals surface area contributed by atoms with Crippen molar-refractivity contribution in [1.82, 2.24) is 25.0 Å². The van der Waals surface area contributed by atoms with E-state index in [2.05, 4.69) is 20.3 Å². The lowest BCUT2D eigenvalue weighted by Gasteiger charge is -2.06. The van der Waals surface area contributed by atoms with E-state index >= 15 is 0 Å². The number of aromatic nitrogens is 5. The van der Waals surface area contributed by atoms with E-state index in [9.17, 15) is 4.79 Å². The first-order chi connectivity index (χ1) is 12.9. The quantitative estimate of drug-likeness (QED) is 0.415. The molecule has 0 bridgehead atoms. The van der Waals surface area contributed by atoms with Gasteiger partial charge in [0, 0.05) is 12.6 Å². The van der Waals surface area contributed by atoms with Crippen molar-refractivity contribution < 1.29 is 9.21 Å². The lowest BCUT2D eigenvalue weighted by Crippen LogP contribution is -2.05. The van der Waals surface area contributed by atoms with Gasteiger partial charge in [0.05, 0.1) is 6.54 Å². The van der Waals surface area contributed by atoms with Crippen molar-refractivity contribution in [2.24, 2.45) is 0 Å². The SMILES string of the molecule is CC(=O)c1ccc(-c2nc(N)nc3c2nnn3Cc2ccc(N)c(C)c2)o1. The summed E-state index contributed by atoms with van der Waals surface area (Å²) in [7, 11) is 0. The second-order valence-electron chi connectivity index (χ2n) is 6.26. The van der Waals surface area contributed by atoms with E-state index in [0.717, 1.165) is 16.8 Å². The molecule has 0 aliphatic rings. The molecule has 3 heterocycles. The van der Waals surface area contributed by atoms with Crippen molar-refractivity contribution in [3.63, 3.8) is 0 Å². The number of rotatable bonds is 4. The molecular formula is C18H17N7O2. The average molecular weight is 363 g/mol. The number of nitrogens with zero attached hydrogens (tertiary/aromatic N) is 5. The number of nitrogen functional groups attached to an aromatic ring is 2. The number of Topliss-reactive ketones (excluding diaryl/α,β-unsaturated/α-hetero) is 1. The van der Waals surface area contributed by atoms with E-state index in [-0.39, 0.29) is 17.5 Å². The van der Waals surface area contributed by atoms with Gasteiger partial charge >= 0.3 is 0 Å². The second-order valence-corrected chi connectivity index (χ2v) is 6.26. The van der Waals surface area contributed by atoms with Crippen molar-refractivity contribution >= 4 is 28.6 Å². The van der Waals surface area contributed by atoms with Crippen LogP contribution in [-0.4, -0.2) is 30.7 Å². The van der Waals surface area contributed by atoms with E-state index in [0.29, 0.717) is 29.2 Å². The number of nitrogens with two attached hydrogens (primary N) is 2. The minimum Gasteiger partial charge on any atom is -0.451 e. The summed E-state index contributed by atoms with van der Waals surface area (Å²) in [6, 6.07) is 9.00. The number of anilines is 2. The number of carbonyl (C=O) groups excluding carboxylic acids is 1. The van der Waals surface area contributed by atoms with Crippen LogP contribution in [0.15, 0.2) is 34.7 Å². The van der Waals surface area contributed by atoms with Gasteiger partial charge in [0.25, 0.3) is 0 Å². The highest BCUT2D eigenvalue weighted by Gasteiger charge is 2.19. The molecule has 4 aromatic rings. The molecule has 0 radical (unpaired) electrons. The normalized spacial score (nSPS) is 11.2. The van der Waals surface area contributed by atoms with Gasteiger partial charge in [0.2, 0.25) is 5.95 Å². The monoisotopic (exact) mass is 363 g/mol. The number of ketones is 1. The molecule has 1 aromatic carbocycles. The van der Waals surface area contributed by atoms with E-state index in [1.54, 1.807) is 16.8 Å². The Morgan fingerprint density at radius 3 is 2.70 bits per heavy atom. The average Bonchev–Trinajstić information content (AvgIpc) is 3.25. The summed E-state index contributed by atoms with van der Waals surface area (Å²) < 4.78 is 7.20. The first-order valence-electron chi connectivity index (χ1n) is 8.25. The highest BCUT2D eigenvalue weighted by atomic mass is 16.3. The standard InChI is InChI=1S/C18H17N7O2/c1-9-7-11(3-4-12(9)19)8-25-17-16(23-24-25)15(21-18(20)22-17)14-6-5-13(27-14)10(2)26/h3-7H,8,19H2,1-2H3,(H2,20,21,22). The van der Waals surface area contributed by atoms with Gasteiger partial charge in [-0.25, -0.2) is 9.67 Å². The summed E-state index contributed by atoms with van der Waals surface area (Å²) in [5, 5.41) is 8.37. The zero-order chi connectivity index (χ0) is 19.1. The molecule has 3 aromatic heterocycles. The lowest BCUT2D eigenvalue weighted by atomic mass is 10.1. The van der Waals surface area contributed by atoms with Crippen LogP contribution in [0.1, 0.15) is 28.6 Å². The second kappa shape index (κ2) is 6.20. The molecule has 0 fully saturated rings. The third-order valence-electron chi connectivity index (χ3n) is 4.23. The number of carbonyl (C=O) groups is 1. The van der Waals surface area contributed by atoms with E-state index in [4.69, 9.17) is 15.9 Å². The summed E-state index contributed by atoms with van der Waals surface area (Å²) >= 11 is 0. The van der Waals surface area contributed by atoms with E-state index < -0.39 is 0 Å². The van der Waals surface area contributed by atoms with E-state index in [1.807, 2.05) is 25.1 Å². The lowest BCUT2D eigenvalue weighted by molar-refractivity contribution is 0.0988. The molecule has 0 unspecified atom stereocenters. The molecule has 0 saturated heterocycles. The molecule has 0 aliphatic carbocycles. The van der Waals surface area contributed by atoms with Gasteiger partial charge in [-0.15, -0.1) is 5.10 Å². The summed E-state index contributed by atoms with van der Waals surface area (Å²) in [4.78, 5) is 20.0. The first-order valence-corrected chi connectivity index (χ1v) is 8.25. The Labute approximate surface area is 154 Å². The molecule has 136 valence electrons. The smallest absolute Gasteiger partial charge is 0.222 e. The van der Waals surface area contributed by atoms with E-state index in [1.165, 1.54) is 6.92 Å². The zero-order valence-corrected chi connectivity index (χ0v) is 14.8. The maximum Gasteiger partial charge on any atom is 0.222 e. The van der Waals surface area contributed by atoms with Crippen LogP contribution in [0, 0.1) is 6.92 Å². The highest BCUT2D eigenvalue weighted by molar-refractivity contribution is 5.93. The fourth-order valence-corrected chi connectivity index (χ4v) is 2.81. The van der Waals surface area contributed by atoms with Crippen LogP contribution in [0.3, 0.4) is 0 Å². The van der Waals surface area contributed by atoms with Gasteiger partial charge in [-0.2, -0.15) is 4.98 Å². The summed E-state index contributed by atoms with van der Waals surface area (Å²) in [5.74, 6) is 0.506. The fraction of sp³-hybridized carbons (Fsp3) is 0.167. The van der Waals surface area contributed by atoms with Crippen LogP contribution in [-0.2, 0) is 6.54 Å². The van der Waals surface area contributed by atoms with Crippen molar-refractivity contribution in [2.75, 3.05) is 11.5 Å². The van der Waals surface area contributed by atoms with Gasteiger partial charge in [-0.05, 0) is 36.2 Å². The van der Waals surface area contributed by atoms with Crippen LogP contribution in [0.5, 0.6) is 0 Å². The predicted octanol–water partition coefficient (Wildman–Crippen LogP) is 2.21. The third-order valence-corrected chi connectivity index (χ3v) is 4.23. The molecule has 0 atom stereocenters. The Morgan fingerprint density at radius 2 is 2.00 bits per heavy atom. The number of fused-ring (bicyclic) bond motifs is 1.